The monoisotopic (exact) mass is 313 g/mol. The summed E-state index contributed by atoms with van der Waals surface area (Å²) in [5.41, 5.74) is 1.63. The van der Waals surface area contributed by atoms with Crippen molar-refractivity contribution in [2.45, 2.75) is 20.0 Å². The molecule has 0 fully saturated rings. The Morgan fingerprint density at radius 3 is 2.39 bits per heavy atom. The van der Waals surface area contributed by atoms with Gasteiger partial charge in [-0.05, 0) is 37.6 Å². The van der Waals surface area contributed by atoms with E-state index in [9.17, 15) is 9.59 Å². The van der Waals surface area contributed by atoms with Crippen LogP contribution in [0.2, 0.25) is 0 Å². The first-order valence-electron chi connectivity index (χ1n) is 7.30. The maximum atomic E-state index is 11.8. The number of anilines is 1. The molecule has 5 nitrogen and oxygen atoms in total. The van der Waals surface area contributed by atoms with E-state index in [1.165, 1.54) is 0 Å². The molecule has 120 valence electrons. The molecule has 0 saturated carbocycles. The fraction of sp³-hybridized carbons (Fsp3) is 0.222. The number of amides is 1. The number of carbonyl (C=O) groups is 2. The van der Waals surface area contributed by atoms with Crippen LogP contribution in [-0.4, -0.2) is 24.6 Å². The van der Waals surface area contributed by atoms with Gasteiger partial charge in [0.15, 0.2) is 12.7 Å². The molecule has 1 N–H and O–H groups in total. The molecule has 0 heterocycles. The van der Waals surface area contributed by atoms with Crippen LogP contribution in [0.5, 0.6) is 5.75 Å². The van der Waals surface area contributed by atoms with Gasteiger partial charge in [0.1, 0.15) is 5.75 Å². The number of aryl methyl sites for hydroxylation is 1. The van der Waals surface area contributed by atoms with Gasteiger partial charge in [-0.1, -0.05) is 36.4 Å². The summed E-state index contributed by atoms with van der Waals surface area (Å²) in [6, 6.07) is 16.3. The number of carbonyl (C=O) groups excluding carboxylic acids is 2. The van der Waals surface area contributed by atoms with Gasteiger partial charge >= 0.3 is 5.97 Å². The Bertz CT molecular complexity index is 670. The molecule has 1 amide bonds. The Kier molecular flexibility index (Phi) is 5.74. The fourth-order valence-corrected chi connectivity index (χ4v) is 1.90. The average molecular weight is 313 g/mol. The van der Waals surface area contributed by atoms with Crippen molar-refractivity contribution in [3.05, 3.63) is 60.2 Å². The summed E-state index contributed by atoms with van der Waals surface area (Å²) >= 11 is 0. The molecule has 0 radical (unpaired) electrons. The molecule has 2 rings (SSSR count). The van der Waals surface area contributed by atoms with E-state index in [4.69, 9.17) is 9.47 Å². The van der Waals surface area contributed by atoms with Crippen LogP contribution in [0, 0.1) is 6.92 Å². The second kappa shape index (κ2) is 7.98. The van der Waals surface area contributed by atoms with E-state index in [2.05, 4.69) is 5.32 Å². The maximum absolute atomic E-state index is 11.8. The van der Waals surface area contributed by atoms with Gasteiger partial charge in [-0.2, -0.15) is 0 Å². The lowest BCUT2D eigenvalue weighted by Gasteiger charge is -2.14. The Morgan fingerprint density at radius 1 is 1.04 bits per heavy atom. The van der Waals surface area contributed by atoms with Gasteiger partial charge in [0.05, 0.1) is 0 Å². The average Bonchev–Trinajstić information content (AvgIpc) is 2.55. The largest absolute Gasteiger partial charge is 0.479 e. The highest BCUT2D eigenvalue weighted by Crippen LogP contribution is 2.13. The topological polar surface area (TPSA) is 64.6 Å². The molecule has 0 spiro atoms. The number of nitrogens with one attached hydrogen (secondary N) is 1. The van der Waals surface area contributed by atoms with Crippen LogP contribution < -0.4 is 10.1 Å². The van der Waals surface area contributed by atoms with E-state index in [1.807, 2.05) is 43.3 Å². The summed E-state index contributed by atoms with van der Waals surface area (Å²) in [4.78, 5) is 23.7. The molecular formula is C18H19NO4. The highest BCUT2D eigenvalue weighted by molar-refractivity contribution is 5.93. The minimum Gasteiger partial charge on any atom is -0.479 e. The molecule has 0 unspecified atom stereocenters. The van der Waals surface area contributed by atoms with Gasteiger partial charge in [-0.15, -0.1) is 0 Å². The first-order valence-corrected chi connectivity index (χ1v) is 7.30. The molecular weight excluding hydrogens is 294 g/mol. The zero-order valence-electron chi connectivity index (χ0n) is 13.1. The molecule has 0 aliphatic rings. The molecule has 2 aromatic carbocycles. The number of hydrogen-bond donors (Lipinski definition) is 1. The molecule has 0 aromatic heterocycles. The van der Waals surface area contributed by atoms with Crippen LogP contribution in [0.15, 0.2) is 54.6 Å². The molecule has 2 aromatic rings. The predicted octanol–water partition coefficient (Wildman–Crippen LogP) is 2.94. The van der Waals surface area contributed by atoms with Gasteiger partial charge in [-0.25, -0.2) is 4.79 Å². The van der Waals surface area contributed by atoms with Crippen LogP contribution in [0.25, 0.3) is 0 Å². The summed E-state index contributed by atoms with van der Waals surface area (Å²) in [5, 5.41) is 2.70. The third-order valence-electron chi connectivity index (χ3n) is 3.15. The summed E-state index contributed by atoms with van der Waals surface area (Å²) in [6.07, 6.45) is -0.788. The highest BCUT2D eigenvalue weighted by Gasteiger charge is 2.17. The van der Waals surface area contributed by atoms with E-state index in [1.54, 1.807) is 25.1 Å². The van der Waals surface area contributed by atoms with Crippen LogP contribution in [0.3, 0.4) is 0 Å². The van der Waals surface area contributed by atoms with E-state index in [0.29, 0.717) is 11.4 Å². The normalized spacial score (nSPS) is 11.4. The number of para-hydroxylation sites is 2. The molecule has 0 aliphatic carbocycles. The van der Waals surface area contributed by atoms with Crippen LogP contribution in [0.4, 0.5) is 5.69 Å². The molecule has 1 atom stereocenters. The van der Waals surface area contributed by atoms with Gasteiger partial charge < -0.3 is 14.8 Å². The minimum absolute atomic E-state index is 0.352. The second-order valence-corrected chi connectivity index (χ2v) is 5.04. The first kappa shape index (κ1) is 16.5. The van der Waals surface area contributed by atoms with Crippen molar-refractivity contribution in [3.8, 4) is 5.75 Å². The zero-order chi connectivity index (χ0) is 16.7. The summed E-state index contributed by atoms with van der Waals surface area (Å²) < 4.78 is 10.4. The lowest BCUT2D eigenvalue weighted by atomic mass is 10.2. The van der Waals surface area contributed by atoms with Gasteiger partial charge in [0, 0.05) is 5.69 Å². The van der Waals surface area contributed by atoms with Crippen molar-refractivity contribution in [2.24, 2.45) is 0 Å². The Hall–Kier alpha value is -2.82. The van der Waals surface area contributed by atoms with Crippen LogP contribution in [0.1, 0.15) is 12.5 Å². The van der Waals surface area contributed by atoms with Crippen molar-refractivity contribution >= 4 is 17.6 Å². The Labute approximate surface area is 135 Å². The van der Waals surface area contributed by atoms with Crippen molar-refractivity contribution in [3.63, 3.8) is 0 Å². The van der Waals surface area contributed by atoms with Crippen molar-refractivity contribution in [2.75, 3.05) is 11.9 Å². The summed E-state index contributed by atoms with van der Waals surface area (Å²) in [6.45, 7) is 3.11. The van der Waals surface area contributed by atoms with E-state index < -0.39 is 12.1 Å². The summed E-state index contributed by atoms with van der Waals surface area (Å²) in [7, 11) is 0. The van der Waals surface area contributed by atoms with Gasteiger partial charge in [0.25, 0.3) is 5.91 Å². The zero-order valence-corrected chi connectivity index (χ0v) is 13.1. The summed E-state index contributed by atoms with van der Waals surface area (Å²) in [5.74, 6) is -0.408. The molecule has 5 heteroatoms. The Morgan fingerprint density at radius 2 is 1.70 bits per heavy atom. The predicted molar refractivity (Wildman–Crippen MR) is 87.3 cm³/mol. The first-order chi connectivity index (χ1) is 11.1. The Balaban J connectivity index is 1.79. The number of esters is 1. The standard InChI is InChI=1S/C18H19NO4/c1-13-8-6-7-11-16(13)19-17(20)12-22-18(21)14(2)23-15-9-4-3-5-10-15/h3-11,14H,12H2,1-2H3,(H,19,20)/t14-/m1/s1. The van der Waals surface area contributed by atoms with Crippen molar-refractivity contribution < 1.29 is 19.1 Å². The number of ether oxygens (including phenoxy) is 2. The quantitative estimate of drug-likeness (QED) is 0.833. The van der Waals surface area contributed by atoms with Gasteiger partial charge in [-0.3, -0.25) is 4.79 Å². The highest BCUT2D eigenvalue weighted by atomic mass is 16.6. The molecule has 0 bridgehead atoms. The third-order valence-corrected chi connectivity index (χ3v) is 3.15. The van der Waals surface area contributed by atoms with E-state index in [0.717, 1.165) is 5.56 Å². The minimum atomic E-state index is -0.788. The second-order valence-electron chi connectivity index (χ2n) is 5.04. The smallest absolute Gasteiger partial charge is 0.347 e. The molecule has 0 saturated heterocycles. The lowest BCUT2D eigenvalue weighted by Crippen LogP contribution is -2.29. The number of rotatable bonds is 6. The third kappa shape index (κ3) is 5.14. The fourth-order valence-electron chi connectivity index (χ4n) is 1.90. The van der Waals surface area contributed by atoms with E-state index >= 15 is 0 Å². The molecule has 23 heavy (non-hydrogen) atoms. The van der Waals surface area contributed by atoms with Crippen LogP contribution in [-0.2, 0) is 14.3 Å². The number of benzene rings is 2. The number of hydrogen-bond acceptors (Lipinski definition) is 4. The van der Waals surface area contributed by atoms with Gasteiger partial charge in [0.2, 0.25) is 0 Å². The van der Waals surface area contributed by atoms with Crippen molar-refractivity contribution in [1.82, 2.24) is 0 Å². The van der Waals surface area contributed by atoms with Crippen LogP contribution >= 0.6 is 0 Å². The maximum Gasteiger partial charge on any atom is 0.347 e. The molecule has 0 aliphatic heterocycles. The lowest BCUT2D eigenvalue weighted by molar-refractivity contribution is -0.153. The SMILES string of the molecule is Cc1ccccc1NC(=O)COC(=O)[C@@H](C)Oc1ccccc1. The van der Waals surface area contributed by atoms with Crippen molar-refractivity contribution in [1.29, 1.82) is 0 Å². The van der Waals surface area contributed by atoms with E-state index in [-0.39, 0.29) is 12.5 Å².